The van der Waals surface area contributed by atoms with Crippen LogP contribution in [0.3, 0.4) is 0 Å². The summed E-state index contributed by atoms with van der Waals surface area (Å²) in [5.41, 5.74) is 1.93. The number of rotatable bonds is 5. The molecule has 0 bridgehead atoms. The molecular weight excluding hydrogens is 242 g/mol. The first kappa shape index (κ1) is 11.6. The number of anilines is 1. The number of pyridine rings is 1. The van der Waals surface area contributed by atoms with Gasteiger partial charge in [0.25, 0.3) is 0 Å². The van der Waals surface area contributed by atoms with Gasteiger partial charge in [0.05, 0.1) is 6.20 Å². The monoisotopic (exact) mass is 257 g/mol. The van der Waals surface area contributed by atoms with E-state index in [1.807, 2.05) is 40.5 Å². The molecule has 3 rings (SSSR count). The van der Waals surface area contributed by atoms with Crippen molar-refractivity contribution in [2.24, 2.45) is 0 Å². The molecule has 1 N–H and O–H groups in total. The topological polar surface area (TPSA) is 72.9 Å². The van der Waals surface area contributed by atoms with Gasteiger partial charge in [0.1, 0.15) is 0 Å². The van der Waals surface area contributed by atoms with Crippen LogP contribution in [0, 0.1) is 6.92 Å². The van der Waals surface area contributed by atoms with Crippen LogP contribution >= 0.6 is 0 Å². The molecule has 3 aromatic heterocycles. The number of fused-ring (bicyclic) bond motifs is 1. The molecular formula is C12H15N7. The third-order valence-corrected chi connectivity index (χ3v) is 2.87. The van der Waals surface area contributed by atoms with Crippen LogP contribution in [0.15, 0.2) is 30.6 Å². The second-order valence-electron chi connectivity index (χ2n) is 4.32. The van der Waals surface area contributed by atoms with Crippen molar-refractivity contribution in [3.63, 3.8) is 0 Å². The van der Waals surface area contributed by atoms with Gasteiger partial charge in [0.2, 0.25) is 5.95 Å². The summed E-state index contributed by atoms with van der Waals surface area (Å²) in [5, 5.41) is 15.3. The lowest BCUT2D eigenvalue weighted by atomic mass is 10.4. The van der Waals surface area contributed by atoms with Crippen LogP contribution in [0.4, 0.5) is 5.95 Å². The Balaban J connectivity index is 1.58. The molecule has 0 aliphatic rings. The van der Waals surface area contributed by atoms with Gasteiger partial charge in [-0.05, 0) is 25.5 Å². The number of aryl methyl sites for hydroxylation is 2. The lowest BCUT2D eigenvalue weighted by Gasteiger charge is -2.01. The fraction of sp³-hybridized carbons (Fsp3) is 0.333. The minimum absolute atomic E-state index is 0.660. The fourth-order valence-corrected chi connectivity index (χ4v) is 1.90. The highest BCUT2D eigenvalue weighted by molar-refractivity contribution is 5.44. The average molecular weight is 257 g/mol. The predicted molar refractivity (Wildman–Crippen MR) is 70.9 cm³/mol. The van der Waals surface area contributed by atoms with Gasteiger partial charge in [0.15, 0.2) is 5.65 Å². The molecule has 3 heterocycles. The normalized spacial score (nSPS) is 11.0. The number of nitrogens with one attached hydrogen (secondary N) is 1. The van der Waals surface area contributed by atoms with Crippen LogP contribution in [0.1, 0.15) is 12.1 Å². The predicted octanol–water partition coefficient (Wildman–Crippen LogP) is 1.13. The van der Waals surface area contributed by atoms with Crippen molar-refractivity contribution in [2.45, 2.75) is 19.9 Å². The van der Waals surface area contributed by atoms with E-state index in [0.717, 1.165) is 30.9 Å². The lowest BCUT2D eigenvalue weighted by Crippen LogP contribution is -2.08. The molecule has 0 saturated carbocycles. The van der Waals surface area contributed by atoms with Crippen LogP contribution in [-0.2, 0) is 6.54 Å². The van der Waals surface area contributed by atoms with E-state index in [0.29, 0.717) is 5.95 Å². The zero-order valence-electron chi connectivity index (χ0n) is 10.7. The molecule has 7 heteroatoms. The lowest BCUT2D eigenvalue weighted by molar-refractivity contribution is 0.569. The van der Waals surface area contributed by atoms with E-state index in [2.05, 4.69) is 25.7 Å². The third-order valence-electron chi connectivity index (χ3n) is 2.87. The first-order valence-electron chi connectivity index (χ1n) is 6.23. The Labute approximate surface area is 110 Å². The van der Waals surface area contributed by atoms with E-state index in [9.17, 15) is 0 Å². The summed E-state index contributed by atoms with van der Waals surface area (Å²) in [4.78, 5) is 4.41. The average Bonchev–Trinajstić information content (AvgIpc) is 3.04. The van der Waals surface area contributed by atoms with Crippen molar-refractivity contribution in [3.05, 3.63) is 36.3 Å². The largest absolute Gasteiger partial charge is 0.353 e. The molecule has 98 valence electrons. The zero-order chi connectivity index (χ0) is 13.1. The molecule has 19 heavy (non-hydrogen) atoms. The number of hydrogen-bond donors (Lipinski definition) is 1. The first-order chi connectivity index (χ1) is 9.33. The minimum atomic E-state index is 0.660. The Kier molecular flexibility index (Phi) is 3.09. The highest BCUT2D eigenvalue weighted by atomic mass is 15.4. The quantitative estimate of drug-likeness (QED) is 0.694. The van der Waals surface area contributed by atoms with Gasteiger partial charge < -0.3 is 5.32 Å². The summed E-state index contributed by atoms with van der Waals surface area (Å²) < 4.78 is 3.64. The van der Waals surface area contributed by atoms with Crippen molar-refractivity contribution >= 4 is 11.6 Å². The van der Waals surface area contributed by atoms with Crippen LogP contribution in [-0.4, -0.2) is 36.1 Å². The first-order valence-corrected chi connectivity index (χ1v) is 6.23. The van der Waals surface area contributed by atoms with Gasteiger partial charge in [-0.1, -0.05) is 11.3 Å². The van der Waals surface area contributed by atoms with Gasteiger partial charge >= 0.3 is 0 Å². The van der Waals surface area contributed by atoms with E-state index in [1.165, 1.54) is 0 Å². The summed E-state index contributed by atoms with van der Waals surface area (Å²) in [7, 11) is 0. The van der Waals surface area contributed by atoms with E-state index >= 15 is 0 Å². The number of aromatic nitrogens is 6. The molecule has 0 aliphatic heterocycles. The second kappa shape index (κ2) is 5.05. The molecule has 0 saturated heterocycles. The van der Waals surface area contributed by atoms with Gasteiger partial charge in [0, 0.05) is 25.0 Å². The summed E-state index contributed by atoms with van der Waals surface area (Å²) in [6.07, 6.45) is 4.48. The van der Waals surface area contributed by atoms with Crippen molar-refractivity contribution in [2.75, 3.05) is 11.9 Å². The molecule has 0 fully saturated rings. The standard InChI is InChI=1S/C12H15N7/c1-10-4-2-5-11-15-12(16-19(10)11)13-6-3-8-18-9-7-14-17-18/h2,4-5,7,9H,3,6,8H2,1H3,(H,13,16). The van der Waals surface area contributed by atoms with Crippen LogP contribution in [0.25, 0.3) is 5.65 Å². The van der Waals surface area contributed by atoms with Crippen LogP contribution < -0.4 is 5.32 Å². The molecule has 7 nitrogen and oxygen atoms in total. The van der Waals surface area contributed by atoms with Crippen molar-refractivity contribution in [1.82, 2.24) is 29.6 Å². The van der Waals surface area contributed by atoms with Gasteiger partial charge in [-0.2, -0.15) is 4.98 Å². The van der Waals surface area contributed by atoms with E-state index < -0.39 is 0 Å². The molecule has 0 aromatic carbocycles. The maximum absolute atomic E-state index is 4.41. The molecule has 0 atom stereocenters. The molecule has 0 radical (unpaired) electrons. The molecule has 0 spiro atoms. The fourth-order valence-electron chi connectivity index (χ4n) is 1.90. The second-order valence-corrected chi connectivity index (χ2v) is 4.32. The van der Waals surface area contributed by atoms with E-state index in [-0.39, 0.29) is 0 Å². The summed E-state index contributed by atoms with van der Waals surface area (Å²) in [6, 6.07) is 5.94. The van der Waals surface area contributed by atoms with Crippen molar-refractivity contribution < 1.29 is 0 Å². The van der Waals surface area contributed by atoms with Gasteiger partial charge in [-0.25, -0.2) is 4.52 Å². The molecule has 0 amide bonds. The Bertz CT molecular complexity index is 656. The highest BCUT2D eigenvalue weighted by Crippen LogP contribution is 2.07. The van der Waals surface area contributed by atoms with E-state index in [1.54, 1.807) is 6.20 Å². The van der Waals surface area contributed by atoms with Crippen molar-refractivity contribution in [3.8, 4) is 0 Å². The van der Waals surface area contributed by atoms with Crippen molar-refractivity contribution in [1.29, 1.82) is 0 Å². The maximum atomic E-state index is 4.41. The SMILES string of the molecule is Cc1cccc2nc(NCCCn3ccnn3)nn12. The van der Waals surface area contributed by atoms with Gasteiger partial charge in [-0.3, -0.25) is 4.68 Å². The third kappa shape index (κ3) is 2.54. The number of nitrogens with zero attached hydrogens (tertiary/aromatic N) is 6. The minimum Gasteiger partial charge on any atom is -0.353 e. The van der Waals surface area contributed by atoms with Gasteiger partial charge in [-0.15, -0.1) is 10.2 Å². The summed E-state index contributed by atoms with van der Waals surface area (Å²) >= 11 is 0. The van der Waals surface area contributed by atoms with E-state index in [4.69, 9.17) is 0 Å². The Hall–Kier alpha value is -2.44. The number of hydrogen-bond acceptors (Lipinski definition) is 5. The zero-order valence-corrected chi connectivity index (χ0v) is 10.7. The summed E-state index contributed by atoms with van der Waals surface area (Å²) in [5.74, 6) is 0.660. The Morgan fingerprint density at radius 2 is 2.26 bits per heavy atom. The Morgan fingerprint density at radius 3 is 3.05 bits per heavy atom. The van der Waals surface area contributed by atoms with Crippen LogP contribution in [0.2, 0.25) is 0 Å². The molecule has 0 unspecified atom stereocenters. The maximum Gasteiger partial charge on any atom is 0.243 e. The summed E-state index contributed by atoms with van der Waals surface area (Å²) in [6.45, 7) is 3.64. The van der Waals surface area contributed by atoms with Crippen LogP contribution in [0.5, 0.6) is 0 Å². The molecule has 3 aromatic rings. The highest BCUT2D eigenvalue weighted by Gasteiger charge is 2.03. The Morgan fingerprint density at radius 1 is 1.32 bits per heavy atom. The smallest absolute Gasteiger partial charge is 0.243 e. The molecule has 0 aliphatic carbocycles.